The number of nitrogens with zero attached hydrogens (tertiary/aromatic N) is 4. The molecule has 1 atom stereocenters. The van der Waals surface area contributed by atoms with Crippen LogP contribution < -0.4 is 16.8 Å². The first-order valence-electron chi connectivity index (χ1n) is 10.8. The Labute approximate surface area is 201 Å². The van der Waals surface area contributed by atoms with E-state index in [0.717, 1.165) is 22.4 Å². The van der Waals surface area contributed by atoms with E-state index < -0.39 is 11.9 Å². The lowest BCUT2D eigenvalue weighted by Gasteiger charge is -2.16. The monoisotopic (exact) mass is 467 g/mol. The van der Waals surface area contributed by atoms with Crippen LogP contribution in [0.4, 0.5) is 16.0 Å². The number of aromatic nitrogens is 3. The molecule has 0 aliphatic carbocycles. The lowest BCUT2D eigenvalue weighted by molar-refractivity contribution is 0.0940. The smallest absolute Gasteiger partial charge is 0.255 e. The van der Waals surface area contributed by atoms with Gasteiger partial charge in [-0.2, -0.15) is 5.26 Å². The number of nitrogen functional groups attached to an aromatic ring is 2. The van der Waals surface area contributed by atoms with Crippen LogP contribution in [0.1, 0.15) is 45.7 Å². The van der Waals surface area contributed by atoms with Gasteiger partial charge in [0.05, 0.1) is 28.6 Å². The standard InChI is InChI=1S/C26H22FN7O/c1-15(17-3-6-20(27)7-4-17)33-26(35)21-11-19(12-28)23(34-25(21)30)10-16-2-8-22(31-13-16)18-5-9-24(29)32-14-18/h2-9,11,13-15H,10H2,1H3,(H2,29,32)(H2,30,34)(H,33,35)/t15-/m0/s1. The van der Waals surface area contributed by atoms with Crippen LogP contribution in [0.3, 0.4) is 0 Å². The highest BCUT2D eigenvalue weighted by atomic mass is 19.1. The molecular weight excluding hydrogens is 445 g/mol. The first kappa shape index (κ1) is 23.3. The average molecular weight is 468 g/mol. The highest BCUT2D eigenvalue weighted by Gasteiger charge is 2.18. The summed E-state index contributed by atoms with van der Waals surface area (Å²) in [6, 6.07) is 16.2. The molecule has 3 heterocycles. The van der Waals surface area contributed by atoms with Gasteiger partial charge in [-0.3, -0.25) is 9.78 Å². The van der Waals surface area contributed by atoms with Crippen molar-refractivity contribution in [2.75, 3.05) is 11.5 Å². The Morgan fingerprint density at radius 1 is 1.09 bits per heavy atom. The summed E-state index contributed by atoms with van der Waals surface area (Å²) in [6.07, 6.45) is 3.65. The number of carbonyl (C=O) groups is 1. The minimum absolute atomic E-state index is 0.0142. The molecule has 4 rings (SSSR count). The van der Waals surface area contributed by atoms with E-state index in [4.69, 9.17) is 11.5 Å². The van der Waals surface area contributed by atoms with Gasteiger partial charge in [-0.15, -0.1) is 0 Å². The van der Waals surface area contributed by atoms with Crippen molar-refractivity contribution in [3.8, 4) is 17.3 Å². The number of benzene rings is 1. The fourth-order valence-electron chi connectivity index (χ4n) is 3.54. The zero-order valence-electron chi connectivity index (χ0n) is 18.9. The van der Waals surface area contributed by atoms with Gasteiger partial charge in [-0.05, 0) is 54.4 Å². The second-order valence-electron chi connectivity index (χ2n) is 7.97. The summed E-state index contributed by atoms with van der Waals surface area (Å²) < 4.78 is 13.2. The molecule has 174 valence electrons. The number of anilines is 2. The van der Waals surface area contributed by atoms with Gasteiger partial charge in [0.1, 0.15) is 23.5 Å². The molecule has 0 fully saturated rings. The summed E-state index contributed by atoms with van der Waals surface area (Å²) in [4.78, 5) is 25.7. The number of nitrogens with two attached hydrogens (primary N) is 2. The van der Waals surface area contributed by atoms with Crippen molar-refractivity contribution in [3.05, 3.63) is 101 Å². The predicted molar refractivity (Wildman–Crippen MR) is 130 cm³/mol. The quantitative estimate of drug-likeness (QED) is 0.391. The van der Waals surface area contributed by atoms with Crippen molar-refractivity contribution < 1.29 is 9.18 Å². The molecule has 0 saturated heterocycles. The number of rotatable bonds is 6. The fraction of sp³-hybridized carbons (Fsp3) is 0.115. The van der Waals surface area contributed by atoms with Crippen molar-refractivity contribution in [3.63, 3.8) is 0 Å². The van der Waals surface area contributed by atoms with Gasteiger partial charge in [0.2, 0.25) is 0 Å². The van der Waals surface area contributed by atoms with Gasteiger partial charge < -0.3 is 16.8 Å². The van der Waals surface area contributed by atoms with Gasteiger partial charge in [-0.1, -0.05) is 18.2 Å². The summed E-state index contributed by atoms with van der Waals surface area (Å²) in [5, 5.41) is 12.5. The van der Waals surface area contributed by atoms with Gasteiger partial charge in [0.25, 0.3) is 5.91 Å². The summed E-state index contributed by atoms with van der Waals surface area (Å²) in [5.41, 5.74) is 15.6. The van der Waals surface area contributed by atoms with Gasteiger partial charge in [-0.25, -0.2) is 14.4 Å². The second kappa shape index (κ2) is 9.97. The third-order valence-electron chi connectivity index (χ3n) is 5.49. The minimum atomic E-state index is -0.474. The number of hydrogen-bond acceptors (Lipinski definition) is 7. The highest BCUT2D eigenvalue weighted by molar-refractivity contribution is 5.99. The first-order valence-corrected chi connectivity index (χ1v) is 10.8. The number of nitrogens with one attached hydrogen (secondary N) is 1. The maximum Gasteiger partial charge on any atom is 0.255 e. The molecule has 0 spiro atoms. The number of nitriles is 1. The van der Waals surface area contributed by atoms with Crippen LogP contribution in [0, 0.1) is 17.1 Å². The van der Waals surface area contributed by atoms with Crippen molar-refractivity contribution in [1.82, 2.24) is 20.3 Å². The molecule has 0 saturated carbocycles. The normalized spacial score (nSPS) is 11.5. The number of hydrogen-bond donors (Lipinski definition) is 3. The summed E-state index contributed by atoms with van der Waals surface area (Å²) in [7, 11) is 0. The lowest BCUT2D eigenvalue weighted by Crippen LogP contribution is -2.28. The third-order valence-corrected chi connectivity index (χ3v) is 5.49. The van der Waals surface area contributed by atoms with Crippen LogP contribution in [-0.4, -0.2) is 20.9 Å². The van der Waals surface area contributed by atoms with E-state index in [9.17, 15) is 14.4 Å². The van der Waals surface area contributed by atoms with Gasteiger partial charge >= 0.3 is 0 Å². The lowest BCUT2D eigenvalue weighted by atomic mass is 10.0. The fourth-order valence-corrected chi connectivity index (χ4v) is 3.54. The molecule has 4 aromatic rings. The zero-order valence-corrected chi connectivity index (χ0v) is 18.9. The largest absolute Gasteiger partial charge is 0.384 e. The Morgan fingerprint density at radius 3 is 2.49 bits per heavy atom. The van der Waals surface area contributed by atoms with E-state index in [1.165, 1.54) is 18.2 Å². The maximum absolute atomic E-state index is 13.2. The van der Waals surface area contributed by atoms with E-state index in [1.807, 2.05) is 18.2 Å². The molecule has 3 aromatic heterocycles. The average Bonchev–Trinajstić information content (AvgIpc) is 2.85. The summed E-state index contributed by atoms with van der Waals surface area (Å²) in [6.45, 7) is 1.77. The summed E-state index contributed by atoms with van der Waals surface area (Å²) >= 11 is 0. The third kappa shape index (κ3) is 5.39. The first-order chi connectivity index (χ1) is 16.8. The molecule has 0 aliphatic rings. The van der Waals surface area contributed by atoms with Crippen molar-refractivity contribution >= 4 is 17.5 Å². The summed E-state index contributed by atoms with van der Waals surface area (Å²) in [5.74, 6) is -0.388. The number of halogens is 1. The van der Waals surface area contributed by atoms with Gasteiger partial charge in [0, 0.05) is 24.4 Å². The number of amides is 1. The van der Waals surface area contributed by atoms with Crippen molar-refractivity contribution in [2.45, 2.75) is 19.4 Å². The van der Waals surface area contributed by atoms with E-state index in [0.29, 0.717) is 17.9 Å². The maximum atomic E-state index is 13.2. The molecule has 1 aromatic carbocycles. The predicted octanol–water partition coefficient (Wildman–Crippen LogP) is 3.80. The molecule has 0 bridgehead atoms. The van der Waals surface area contributed by atoms with Crippen LogP contribution in [-0.2, 0) is 6.42 Å². The zero-order chi connectivity index (χ0) is 24.9. The Hall–Kier alpha value is -4.84. The Kier molecular flexibility index (Phi) is 6.64. The minimum Gasteiger partial charge on any atom is -0.384 e. The van der Waals surface area contributed by atoms with Crippen LogP contribution in [0.25, 0.3) is 11.3 Å². The van der Waals surface area contributed by atoms with Crippen molar-refractivity contribution in [1.29, 1.82) is 5.26 Å². The van der Waals surface area contributed by atoms with Crippen LogP contribution in [0.15, 0.2) is 67.0 Å². The molecular formula is C26H22FN7O. The highest BCUT2D eigenvalue weighted by Crippen LogP contribution is 2.22. The van der Waals surface area contributed by atoms with Crippen LogP contribution in [0.2, 0.25) is 0 Å². The van der Waals surface area contributed by atoms with E-state index in [1.54, 1.807) is 37.5 Å². The number of pyridine rings is 3. The number of carbonyl (C=O) groups excluding carboxylic acids is 1. The van der Waals surface area contributed by atoms with E-state index in [-0.39, 0.29) is 22.8 Å². The van der Waals surface area contributed by atoms with E-state index in [2.05, 4.69) is 26.3 Å². The van der Waals surface area contributed by atoms with Gasteiger partial charge in [0.15, 0.2) is 0 Å². The molecule has 1 amide bonds. The Bertz CT molecular complexity index is 1400. The molecule has 5 N–H and O–H groups in total. The topological polar surface area (TPSA) is 144 Å². The molecule has 0 aliphatic heterocycles. The molecule has 9 heteroatoms. The van der Waals surface area contributed by atoms with Crippen molar-refractivity contribution in [2.24, 2.45) is 0 Å². The second-order valence-corrected chi connectivity index (χ2v) is 7.97. The van der Waals surface area contributed by atoms with E-state index >= 15 is 0 Å². The molecule has 35 heavy (non-hydrogen) atoms. The van der Waals surface area contributed by atoms with Crippen LogP contribution >= 0.6 is 0 Å². The Morgan fingerprint density at radius 2 is 1.86 bits per heavy atom. The molecule has 0 unspecified atom stereocenters. The Balaban J connectivity index is 1.51. The SMILES string of the molecule is C[C@H](NC(=O)c1cc(C#N)c(Cc2ccc(-c3ccc(N)nc3)nc2)nc1N)c1ccc(F)cc1. The van der Waals surface area contributed by atoms with Crippen LogP contribution in [0.5, 0.6) is 0 Å². The molecule has 8 nitrogen and oxygen atoms in total. The molecule has 0 radical (unpaired) electrons.